The van der Waals surface area contributed by atoms with Crippen molar-refractivity contribution >= 4 is 24.0 Å². The molecule has 6 heteroatoms. The molecule has 130 valence electrons. The van der Waals surface area contributed by atoms with Crippen LogP contribution in [0, 0.1) is 0 Å². The molecule has 0 atom stereocenters. The molecule has 0 aliphatic rings. The summed E-state index contributed by atoms with van der Waals surface area (Å²) < 4.78 is 1.44. The topological polar surface area (TPSA) is 67.6 Å². The van der Waals surface area contributed by atoms with E-state index >= 15 is 0 Å². The van der Waals surface area contributed by atoms with Crippen LogP contribution in [-0.4, -0.2) is 27.7 Å². The molecule has 0 aliphatic heterocycles. The number of carbonyl (C=O) groups excluding carboxylic acids is 2. The zero-order valence-electron chi connectivity index (χ0n) is 14.5. The van der Waals surface area contributed by atoms with Crippen LogP contribution in [0.4, 0.5) is 5.95 Å². The first-order valence-electron chi connectivity index (χ1n) is 8.12. The van der Waals surface area contributed by atoms with Gasteiger partial charge in [0.25, 0.3) is 0 Å². The third kappa shape index (κ3) is 3.75. The Hall–Kier alpha value is -3.54. The maximum atomic E-state index is 12.0. The molecule has 1 aromatic heterocycles. The first-order chi connectivity index (χ1) is 12.6. The van der Waals surface area contributed by atoms with Crippen LogP contribution in [0.25, 0.3) is 11.3 Å². The molecule has 0 saturated carbocycles. The second-order valence-electron chi connectivity index (χ2n) is 5.67. The number of imide groups is 1. The molecule has 2 amide bonds. The van der Waals surface area contributed by atoms with Crippen molar-refractivity contribution in [3.8, 4) is 11.3 Å². The second kappa shape index (κ2) is 7.57. The van der Waals surface area contributed by atoms with Crippen molar-refractivity contribution in [3.05, 3.63) is 72.4 Å². The lowest BCUT2D eigenvalue weighted by atomic mass is 10.2. The number of nitrogens with zero attached hydrogens (tertiary/aromatic N) is 4. The van der Waals surface area contributed by atoms with Gasteiger partial charge in [0, 0.05) is 19.4 Å². The molecule has 0 unspecified atom stereocenters. The molecule has 1 heterocycles. The molecule has 0 fully saturated rings. The predicted octanol–water partition coefficient (Wildman–Crippen LogP) is 3.33. The van der Waals surface area contributed by atoms with Crippen LogP contribution in [0.1, 0.15) is 19.4 Å². The van der Waals surface area contributed by atoms with Crippen LogP contribution >= 0.6 is 0 Å². The van der Waals surface area contributed by atoms with E-state index in [-0.39, 0.29) is 5.95 Å². The fourth-order valence-corrected chi connectivity index (χ4v) is 2.52. The van der Waals surface area contributed by atoms with Gasteiger partial charge in [-0.1, -0.05) is 60.7 Å². The molecular weight excluding hydrogens is 328 g/mol. The third-order valence-corrected chi connectivity index (χ3v) is 3.70. The van der Waals surface area contributed by atoms with Crippen LogP contribution in [0.3, 0.4) is 0 Å². The monoisotopic (exact) mass is 346 g/mol. The van der Waals surface area contributed by atoms with E-state index in [4.69, 9.17) is 0 Å². The van der Waals surface area contributed by atoms with Crippen molar-refractivity contribution in [1.82, 2.24) is 9.66 Å². The number of imidazole rings is 1. The quantitative estimate of drug-likeness (QED) is 0.681. The zero-order chi connectivity index (χ0) is 18.5. The van der Waals surface area contributed by atoms with Crippen LogP contribution < -0.4 is 4.90 Å². The predicted molar refractivity (Wildman–Crippen MR) is 101 cm³/mol. The Morgan fingerprint density at radius 3 is 2.12 bits per heavy atom. The summed E-state index contributed by atoms with van der Waals surface area (Å²) in [6, 6.07) is 19.1. The third-order valence-electron chi connectivity index (χ3n) is 3.70. The van der Waals surface area contributed by atoms with E-state index in [0.717, 1.165) is 16.0 Å². The van der Waals surface area contributed by atoms with Crippen molar-refractivity contribution in [2.24, 2.45) is 5.10 Å². The minimum absolute atomic E-state index is 0.163. The molecule has 0 radical (unpaired) electrons. The van der Waals surface area contributed by atoms with E-state index in [1.165, 1.54) is 18.5 Å². The maximum absolute atomic E-state index is 12.0. The number of benzene rings is 2. The minimum atomic E-state index is -0.418. The lowest BCUT2D eigenvalue weighted by Crippen LogP contribution is -2.35. The summed E-state index contributed by atoms with van der Waals surface area (Å²) in [7, 11) is 0. The Morgan fingerprint density at radius 1 is 0.962 bits per heavy atom. The van der Waals surface area contributed by atoms with E-state index in [1.807, 2.05) is 60.7 Å². The molecule has 26 heavy (non-hydrogen) atoms. The van der Waals surface area contributed by atoms with Gasteiger partial charge in [0.2, 0.25) is 17.8 Å². The van der Waals surface area contributed by atoms with Gasteiger partial charge in [-0.2, -0.15) is 5.10 Å². The Bertz CT molecular complexity index is 932. The van der Waals surface area contributed by atoms with Crippen molar-refractivity contribution in [1.29, 1.82) is 0 Å². The summed E-state index contributed by atoms with van der Waals surface area (Å²) >= 11 is 0. The normalized spacial score (nSPS) is 10.8. The van der Waals surface area contributed by atoms with E-state index in [1.54, 1.807) is 12.4 Å². The highest BCUT2D eigenvalue weighted by molar-refractivity contribution is 6.12. The number of anilines is 1. The van der Waals surface area contributed by atoms with E-state index in [2.05, 4.69) is 10.1 Å². The average Bonchev–Trinajstić information content (AvgIpc) is 3.05. The number of hydrogen-bond donors (Lipinski definition) is 0. The Labute approximate surface area is 151 Å². The highest BCUT2D eigenvalue weighted by Crippen LogP contribution is 2.23. The molecule has 0 N–H and O–H groups in total. The fourth-order valence-electron chi connectivity index (χ4n) is 2.52. The molecule has 3 aromatic rings. The van der Waals surface area contributed by atoms with E-state index < -0.39 is 11.8 Å². The summed E-state index contributed by atoms with van der Waals surface area (Å²) in [5.74, 6) is -0.672. The number of hydrogen-bond acceptors (Lipinski definition) is 4. The van der Waals surface area contributed by atoms with Crippen molar-refractivity contribution in [3.63, 3.8) is 0 Å². The Morgan fingerprint density at radius 2 is 1.54 bits per heavy atom. The lowest BCUT2D eigenvalue weighted by molar-refractivity contribution is -0.124. The van der Waals surface area contributed by atoms with E-state index in [9.17, 15) is 9.59 Å². The summed E-state index contributed by atoms with van der Waals surface area (Å²) in [5.41, 5.74) is 2.39. The van der Waals surface area contributed by atoms with Crippen LogP contribution in [0.2, 0.25) is 0 Å². The van der Waals surface area contributed by atoms with Gasteiger partial charge in [0.15, 0.2) is 0 Å². The van der Waals surface area contributed by atoms with Crippen LogP contribution in [0.5, 0.6) is 0 Å². The zero-order valence-corrected chi connectivity index (χ0v) is 14.5. The highest BCUT2D eigenvalue weighted by atomic mass is 16.2. The molecule has 0 bridgehead atoms. The molecule has 0 aliphatic carbocycles. The second-order valence-corrected chi connectivity index (χ2v) is 5.67. The van der Waals surface area contributed by atoms with Crippen molar-refractivity contribution < 1.29 is 9.59 Å². The van der Waals surface area contributed by atoms with Crippen molar-refractivity contribution in [2.45, 2.75) is 13.8 Å². The van der Waals surface area contributed by atoms with Gasteiger partial charge >= 0.3 is 0 Å². The SMILES string of the molecule is CC(=O)N(C(C)=O)c1nc(-c2ccccc2)cn1/N=C/c1ccccc1. The molecule has 0 spiro atoms. The number of amides is 2. The van der Waals surface area contributed by atoms with Gasteiger partial charge in [-0.05, 0) is 5.56 Å². The number of rotatable bonds is 4. The van der Waals surface area contributed by atoms with Gasteiger partial charge < -0.3 is 0 Å². The summed E-state index contributed by atoms with van der Waals surface area (Å²) in [5, 5.41) is 4.39. The maximum Gasteiger partial charge on any atom is 0.241 e. The molecular formula is C20H18N4O2. The van der Waals surface area contributed by atoms with Gasteiger partial charge in [0.05, 0.1) is 18.1 Å². The minimum Gasteiger partial charge on any atom is -0.274 e. The summed E-state index contributed by atoms with van der Waals surface area (Å²) in [6.45, 7) is 2.65. The van der Waals surface area contributed by atoms with Gasteiger partial charge in [-0.25, -0.2) is 14.6 Å². The van der Waals surface area contributed by atoms with Crippen LogP contribution in [-0.2, 0) is 9.59 Å². The largest absolute Gasteiger partial charge is 0.274 e. The van der Waals surface area contributed by atoms with E-state index in [0.29, 0.717) is 5.69 Å². The number of aromatic nitrogens is 2. The molecule has 2 aromatic carbocycles. The highest BCUT2D eigenvalue weighted by Gasteiger charge is 2.23. The van der Waals surface area contributed by atoms with Gasteiger partial charge in [0.1, 0.15) is 0 Å². The van der Waals surface area contributed by atoms with Crippen LogP contribution in [0.15, 0.2) is 72.0 Å². The van der Waals surface area contributed by atoms with Gasteiger partial charge in [-0.15, -0.1) is 0 Å². The molecule has 0 saturated heterocycles. The Kier molecular flexibility index (Phi) is 5.03. The lowest BCUT2D eigenvalue weighted by Gasteiger charge is -2.15. The summed E-state index contributed by atoms with van der Waals surface area (Å²) in [6.07, 6.45) is 3.35. The molecule has 3 rings (SSSR count). The van der Waals surface area contributed by atoms with Gasteiger partial charge in [-0.3, -0.25) is 9.59 Å². The first kappa shape index (κ1) is 17.3. The fraction of sp³-hybridized carbons (Fsp3) is 0.100. The standard InChI is InChI=1S/C20H18N4O2/c1-15(25)24(16(2)26)20-22-19(18-11-7-4-8-12-18)14-23(20)21-13-17-9-5-3-6-10-17/h3-14H,1-2H3/b21-13+. The number of carbonyl (C=O) groups is 2. The summed E-state index contributed by atoms with van der Waals surface area (Å²) in [4.78, 5) is 29.4. The average molecular weight is 346 g/mol. The molecule has 6 nitrogen and oxygen atoms in total. The van der Waals surface area contributed by atoms with Crippen molar-refractivity contribution in [2.75, 3.05) is 4.90 Å². The smallest absolute Gasteiger partial charge is 0.241 e. The first-order valence-corrected chi connectivity index (χ1v) is 8.12. The Balaban J connectivity index is 2.08.